The summed E-state index contributed by atoms with van der Waals surface area (Å²) >= 11 is 3.00. The fourth-order valence-electron chi connectivity index (χ4n) is 1.19. The van der Waals surface area contributed by atoms with Crippen LogP contribution in [0.1, 0.15) is 12.0 Å². The van der Waals surface area contributed by atoms with Crippen molar-refractivity contribution in [2.45, 2.75) is 6.43 Å². The zero-order valence-electron chi connectivity index (χ0n) is 6.69. The molecule has 0 aliphatic carbocycles. The van der Waals surface area contributed by atoms with E-state index >= 15 is 0 Å². The highest BCUT2D eigenvalue weighted by molar-refractivity contribution is 9.10. The van der Waals surface area contributed by atoms with Gasteiger partial charge in [0, 0.05) is 5.56 Å². The van der Waals surface area contributed by atoms with E-state index in [9.17, 15) is 13.2 Å². The van der Waals surface area contributed by atoms with E-state index < -0.39 is 12.2 Å². The molecule has 0 aliphatic heterocycles. The van der Waals surface area contributed by atoms with Crippen LogP contribution in [0.4, 0.5) is 13.2 Å². The Labute approximate surface area is 85.3 Å². The molecule has 2 aromatic rings. The highest BCUT2D eigenvalue weighted by Gasteiger charge is 2.13. The summed E-state index contributed by atoms with van der Waals surface area (Å²) in [4.78, 5) is 6.38. The molecule has 0 saturated heterocycles. The normalized spacial score (nSPS) is 11.5. The fraction of sp³-hybridized carbons (Fsp3) is 0.125. The summed E-state index contributed by atoms with van der Waals surface area (Å²) < 4.78 is 38.0. The number of fused-ring (bicyclic) bond motifs is 1. The molecule has 14 heavy (non-hydrogen) atoms. The number of imidazole rings is 1. The lowest BCUT2D eigenvalue weighted by atomic mass is 10.2. The molecule has 0 atom stereocenters. The first kappa shape index (κ1) is 9.51. The van der Waals surface area contributed by atoms with Gasteiger partial charge in [-0.05, 0) is 28.1 Å². The molecule has 0 fully saturated rings. The third-order valence-corrected chi connectivity index (χ3v) is 2.16. The number of aromatic amines is 1. The van der Waals surface area contributed by atoms with E-state index in [1.165, 1.54) is 6.07 Å². The van der Waals surface area contributed by atoms with E-state index in [4.69, 9.17) is 0 Å². The van der Waals surface area contributed by atoms with Crippen molar-refractivity contribution in [1.29, 1.82) is 0 Å². The van der Waals surface area contributed by atoms with Crippen molar-refractivity contribution in [2.75, 3.05) is 0 Å². The summed E-state index contributed by atoms with van der Waals surface area (Å²) in [5.74, 6) is -0.750. The Bertz CT molecular complexity index is 481. The number of nitrogens with zero attached hydrogens (tertiary/aromatic N) is 1. The van der Waals surface area contributed by atoms with Gasteiger partial charge in [-0.3, -0.25) is 0 Å². The molecule has 0 saturated carbocycles. The second kappa shape index (κ2) is 3.27. The minimum absolute atomic E-state index is 0.0567. The molecule has 74 valence electrons. The van der Waals surface area contributed by atoms with Gasteiger partial charge >= 0.3 is 0 Å². The van der Waals surface area contributed by atoms with E-state index in [-0.39, 0.29) is 16.6 Å². The number of H-pyrrole nitrogens is 1. The molecule has 2 nitrogen and oxygen atoms in total. The van der Waals surface area contributed by atoms with Gasteiger partial charge in [-0.25, -0.2) is 18.2 Å². The Morgan fingerprint density at radius 1 is 1.36 bits per heavy atom. The maximum atomic E-state index is 13.2. The van der Waals surface area contributed by atoms with E-state index in [2.05, 4.69) is 25.9 Å². The van der Waals surface area contributed by atoms with Gasteiger partial charge in [0.1, 0.15) is 5.52 Å². The average Bonchev–Trinajstić information content (AvgIpc) is 2.45. The lowest BCUT2D eigenvalue weighted by Crippen LogP contribution is -1.87. The first-order valence-electron chi connectivity index (χ1n) is 3.70. The minimum atomic E-state index is -2.68. The molecular formula is C8H4BrF3N2. The van der Waals surface area contributed by atoms with Crippen molar-refractivity contribution in [3.05, 3.63) is 28.2 Å². The molecule has 0 unspecified atom stereocenters. The molecule has 0 aliphatic rings. The van der Waals surface area contributed by atoms with E-state index in [1.807, 2.05) is 0 Å². The van der Waals surface area contributed by atoms with Gasteiger partial charge in [0.15, 0.2) is 10.6 Å². The maximum absolute atomic E-state index is 13.2. The van der Waals surface area contributed by atoms with Gasteiger partial charge in [-0.15, -0.1) is 0 Å². The van der Waals surface area contributed by atoms with Crippen LogP contribution in [0.5, 0.6) is 0 Å². The van der Waals surface area contributed by atoms with Crippen molar-refractivity contribution >= 4 is 27.0 Å². The summed E-state index contributed by atoms with van der Waals surface area (Å²) in [6, 6.07) is 1.97. The summed E-state index contributed by atoms with van der Waals surface area (Å²) in [6.45, 7) is 0. The number of hydrogen-bond donors (Lipinski definition) is 1. The highest BCUT2D eigenvalue weighted by atomic mass is 79.9. The number of rotatable bonds is 1. The SMILES string of the molecule is Fc1cc(C(F)F)cc2[nH]c(Br)nc12. The predicted octanol–water partition coefficient (Wildman–Crippen LogP) is 3.40. The second-order valence-electron chi connectivity index (χ2n) is 2.73. The first-order chi connectivity index (χ1) is 6.58. The van der Waals surface area contributed by atoms with Crippen molar-refractivity contribution in [1.82, 2.24) is 9.97 Å². The Morgan fingerprint density at radius 2 is 2.07 bits per heavy atom. The third kappa shape index (κ3) is 1.50. The van der Waals surface area contributed by atoms with Crippen LogP contribution >= 0.6 is 15.9 Å². The van der Waals surface area contributed by atoms with Crippen LogP contribution in [0.25, 0.3) is 11.0 Å². The monoisotopic (exact) mass is 264 g/mol. The van der Waals surface area contributed by atoms with Gasteiger partial charge in [0.25, 0.3) is 6.43 Å². The van der Waals surface area contributed by atoms with Crippen LogP contribution in [-0.4, -0.2) is 9.97 Å². The summed E-state index contributed by atoms with van der Waals surface area (Å²) in [7, 11) is 0. The van der Waals surface area contributed by atoms with Crippen LogP contribution in [0.2, 0.25) is 0 Å². The van der Waals surface area contributed by atoms with Crippen LogP contribution in [0, 0.1) is 5.82 Å². The Balaban J connectivity index is 2.71. The van der Waals surface area contributed by atoms with Crippen molar-refractivity contribution in [2.24, 2.45) is 0 Å². The predicted molar refractivity (Wildman–Crippen MR) is 48.7 cm³/mol. The largest absolute Gasteiger partial charge is 0.332 e. The van der Waals surface area contributed by atoms with E-state index in [0.717, 1.165) is 6.07 Å². The smallest absolute Gasteiger partial charge is 0.264 e. The van der Waals surface area contributed by atoms with Crippen molar-refractivity contribution in [3.8, 4) is 0 Å². The van der Waals surface area contributed by atoms with E-state index in [1.54, 1.807) is 0 Å². The summed E-state index contributed by atoms with van der Waals surface area (Å²) in [6.07, 6.45) is -2.68. The lowest BCUT2D eigenvalue weighted by Gasteiger charge is -1.99. The molecule has 0 bridgehead atoms. The van der Waals surface area contributed by atoms with Crippen LogP contribution in [0.3, 0.4) is 0 Å². The molecule has 1 heterocycles. The van der Waals surface area contributed by atoms with Gasteiger partial charge in [-0.1, -0.05) is 0 Å². The van der Waals surface area contributed by atoms with E-state index in [0.29, 0.717) is 4.73 Å². The highest BCUT2D eigenvalue weighted by Crippen LogP contribution is 2.25. The number of nitrogens with one attached hydrogen (secondary N) is 1. The van der Waals surface area contributed by atoms with Crippen molar-refractivity contribution < 1.29 is 13.2 Å². The molecule has 6 heteroatoms. The summed E-state index contributed by atoms with van der Waals surface area (Å²) in [5, 5.41) is 0. The molecule has 0 amide bonds. The van der Waals surface area contributed by atoms with Crippen LogP contribution < -0.4 is 0 Å². The Hall–Kier alpha value is -1.04. The van der Waals surface area contributed by atoms with Crippen LogP contribution in [0.15, 0.2) is 16.9 Å². The minimum Gasteiger partial charge on any atom is -0.332 e. The molecule has 2 rings (SSSR count). The standard InChI is InChI=1S/C8H4BrF3N2/c9-8-13-5-2-3(7(11)12)1-4(10)6(5)14-8/h1-2,7H,(H,13,14). The zero-order valence-corrected chi connectivity index (χ0v) is 8.28. The van der Waals surface area contributed by atoms with Gasteiger partial charge in [-0.2, -0.15) is 0 Å². The van der Waals surface area contributed by atoms with Crippen LogP contribution in [-0.2, 0) is 0 Å². The molecule has 1 aromatic heterocycles. The topological polar surface area (TPSA) is 28.7 Å². The Morgan fingerprint density at radius 3 is 2.71 bits per heavy atom. The van der Waals surface area contributed by atoms with Gasteiger partial charge in [0.2, 0.25) is 0 Å². The van der Waals surface area contributed by atoms with Gasteiger partial charge < -0.3 is 4.98 Å². The first-order valence-corrected chi connectivity index (χ1v) is 4.50. The molecule has 1 aromatic carbocycles. The number of benzene rings is 1. The number of halogens is 4. The fourth-order valence-corrected chi connectivity index (χ4v) is 1.58. The molecule has 0 spiro atoms. The second-order valence-corrected chi connectivity index (χ2v) is 3.48. The Kier molecular flexibility index (Phi) is 2.22. The maximum Gasteiger partial charge on any atom is 0.264 e. The number of aromatic nitrogens is 2. The molecular weight excluding hydrogens is 261 g/mol. The zero-order chi connectivity index (χ0) is 10.3. The number of alkyl halides is 2. The lowest BCUT2D eigenvalue weighted by molar-refractivity contribution is 0.151. The van der Waals surface area contributed by atoms with Crippen molar-refractivity contribution in [3.63, 3.8) is 0 Å². The summed E-state index contributed by atoms with van der Waals surface area (Å²) in [5.41, 5.74) is -0.0420. The quantitative estimate of drug-likeness (QED) is 0.841. The third-order valence-electron chi connectivity index (χ3n) is 1.79. The molecule has 0 radical (unpaired) electrons. The average molecular weight is 265 g/mol. The van der Waals surface area contributed by atoms with Gasteiger partial charge in [0.05, 0.1) is 5.52 Å². The number of hydrogen-bond acceptors (Lipinski definition) is 1. The molecule has 1 N–H and O–H groups in total.